The number of aliphatic hydroxyl groups is 1. The van der Waals surface area contributed by atoms with E-state index in [0.29, 0.717) is 30.3 Å². The molecule has 0 amide bonds. The van der Waals surface area contributed by atoms with Gasteiger partial charge >= 0.3 is 0 Å². The summed E-state index contributed by atoms with van der Waals surface area (Å²) in [4.78, 5) is 0. The zero-order valence-electron chi connectivity index (χ0n) is 11.8. The Balaban J connectivity index is 2.49. The predicted molar refractivity (Wildman–Crippen MR) is 74.0 cm³/mol. The molecule has 0 aliphatic heterocycles. The highest BCUT2D eigenvalue weighted by molar-refractivity contribution is 5.41. The van der Waals surface area contributed by atoms with Crippen LogP contribution >= 0.6 is 0 Å². The summed E-state index contributed by atoms with van der Waals surface area (Å²) in [5, 5.41) is 9.05. The van der Waals surface area contributed by atoms with Crippen LogP contribution in [0.1, 0.15) is 19.8 Å². The number of aliphatic hydroxyl groups excluding tert-OH is 1. The number of benzene rings is 1. The van der Waals surface area contributed by atoms with Crippen molar-refractivity contribution in [3.05, 3.63) is 18.2 Å². The number of rotatable bonds is 8. The minimum Gasteiger partial charge on any atom is -0.496 e. The molecule has 1 aromatic carbocycles. The Kier molecular flexibility index (Phi) is 5.92. The van der Waals surface area contributed by atoms with E-state index in [9.17, 15) is 0 Å². The number of nitrogens with two attached hydrogens (primary N) is 1. The topological polar surface area (TPSA) is 73.9 Å². The molecule has 108 valence electrons. The van der Waals surface area contributed by atoms with Gasteiger partial charge < -0.3 is 25.1 Å². The lowest BCUT2D eigenvalue weighted by Gasteiger charge is -2.21. The van der Waals surface area contributed by atoms with Crippen molar-refractivity contribution in [2.24, 2.45) is 5.73 Å². The van der Waals surface area contributed by atoms with E-state index in [1.807, 2.05) is 6.92 Å². The summed E-state index contributed by atoms with van der Waals surface area (Å²) in [6, 6.07) is 5.39. The minimum atomic E-state index is -0.546. The molecule has 1 unspecified atom stereocenters. The largest absolute Gasteiger partial charge is 0.496 e. The van der Waals surface area contributed by atoms with Crippen molar-refractivity contribution in [3.63, 3.8) is 0 Å². The summed E-state index contributed by atoms with van der Waals surface area (Å²) in [5.74, 6) is 2.07. The Labute approximate surface area is 114 Å². The van der Waals surface area contributed by atoms with Crippen molar-refractivity contribution in [1.29, 1.82) is 0 Å². The molecule has 0 aliphatic rings. The number of hydrogen-bond donors (Lipinski definition) is 2. The van der Waals surface area contributed by atoms with E-state index in [1.54, 1.807) is 32.4 Å². The van der Waals surface area contributed by atoms with Crippen LogP contribution in [0.3, 0.4) is 0 Å². The van der Waals surface area contributed by atoms with E-state index in [4.69, 9.17) is 25.1 Å². The van der Waals surface area contributed by atoms with Crippen molar-refractivity contribution in [1.82, 2.24) is 0 Å². The maximum atomic E-state index is 9.05. The maximum absolute atomic E-state index is 9.05. The Bertz CT molecular complexity index is 371. The predicted octanol–water partition coefficient (Wildman–Crippen LogP) is 1.57. The summed E-state index contributed by atoms with van der Waals surface area (Å²) in [5.41, 5.74) is 5.30. The molecule has 0 saturated heterocycles. The molecule has 0 aliphatic carbocycles. The van der Waals surface area contributed by atoms with Gasteiger partial charge in [-0.1, -0.05) is 0 Å². The Hall–Kier alpha value is -1.46. The first-order valence-electron chi connectivity index (χ1n) is 6.26. The zero-order chi connectivity index (χ0) is 14.3. The van der Waals surface area contributed by atoms with Gasteiger partial charge in [0, 0.05) is 23.7 Å². The average molecular weight is 269 g/mol. The second kappa shape index (κ2) is 7.21. The molecule has 5 nitrogen and oxygen atoms in total. The molecule has 0 heterocycles. The van der Waals surface area contributed by atoms with E-state index >= 15 is 0 Å². The van der Waals surface area contributed by atoms with Gasteiger partial charge in [0.05, 0.1) is 27.4 Å². The van der Waals surface area contributed by atoms with Gasteiger partial charge in [0.15, 0.2) is 0 Å². The molecular formula is C14H23NO4. The number of hydrogen-bond acceptors (Lipinski definition) is 5. The van der Waals surface area contributed by atoms with E-state index in [0.717, 1.165) is 6.42 Å². The standard InChI is InChI=1S/C14H23NO4/c1-14(15,10-16)5-4-6-19-13-8-11(17-2)7-12(9-13)18-3/h7-9,16H,4-6,10,15H2,1-3H3. The summed E-state index contributed by atoms with van der Waals surface area (Å²) in [6.07, 6.45) is 1.47. The lowest BCUT2D eigenvalue weighted by molar-refractivity contribution is 0.188. The normalized spacial score (nSPS) is 13.7. The lowest BCUT2D eigenvalue weighted by atomic mass is 9.99. The Morgan fingerprint density at radius 2 is 1.63 bits per heavy atom. The van der Waals surface area contributed by atoms with Crippen LogP contribution in [-0.4, -0.2) is 38.1 Å². The highest BCUT2D eigenvalue weighted by Crippen LogP contribution is 2.27. The molecule has 0 radical (unpaired) electrons. The van der Waals surface area contributed by atoms with E-state index in [-0.39, 0.29) is 6.61 Å². The molecule has 1 atom stereocenters. The van der Waals surface area contributed by atoms with E-state index in [2.05, 4.69) is 0 Å². The maximum Gasteiger partial charge on any atom is 0.126 e. The van der Waals surface area contributed by atoms with Crippen LogP contribution in [-0.2, 0) is 0 Å². The first-order valence-corrected chi connectivity index (χ1v) is 6.26. The lowest BCUT2D eigenvalue weighted by Crippen LogP contribution is -2.40. The molecule has 5 heteroatoms. The third-order valence-corrected chi connectivity index (χ3v) is 2.85. The van der Waals surface area contributed by atoms with Crippen LogP contribution in [0.25, 0.3) is 0 Å². The molecule has 1 aromatic rings. The Morgan fingerprint density at radius 3 is 2.11 bits per heavy atom. The number of ether oxygens (including phenoxy) is 3. The molecule has 0 saturated carbocycles. The van der Waals surface area contributed by atoms with Crippen molar-refractivity contribution >= 4 is 0 Å². The number of methoxy groups -OCH3 is 2. The van der Waals surface area contributed by atoms with E-state index < -0.39 is 5.54 Å². The second-order valence-corrected chi connectivity index (χ2v) is 4.81. The van der Waals surface area contributed by atoms with Crippen molar-refractivity contribution in [2.75, 3.05) is 27.4 Å². The van der Waals surface area contributed by atoms with Gasteiger partial charge in [-0.25, -0.2) is 0 Å². The van der Waals surface area contributed by atoms with Crippen LogP contribution < -0.4 is 19.9 Å². The first kappa shape index (κ1) is 15.6. The molecular weight excluding hydrogens is 246 g/mol. The third kappa shape index (κ3) is 5.36. The van der Waals surface area contributed by atoms with Gasteiger partial charge in [-0.3, -0.25) is 0 Å². The summed E-state index contributed by atoms with van der Waals surface area (Å²) in [6.45, 7) is 2.32. The van der Waals surface area contributed by atoms with Crippen molar-refractivity contribution in [2.45, 2.75) is 25.3 Å². The van der Waals surface area contributed by atoms with Gasteiger partial charge in [-0.15, -0.1) is 0 Å². The monoisotopic (exact) mass is 269 g/mol. The fourth-order valence-electron chi connectivity index (χ4n) is 1.61. The van der Waals surface area contributed by atoms with Gasteiger partial charge in [-0.2, -0.15) is 0 Å². The summed E-state index contributed by atoms with van der Waals surface area (Å²) < 4.78 is 16.0. The van der Waals surface area contributed by atoms with Crippen LogP contribution in [0.15, 0.2) is 18.2 Å². The highest BCUT2D eigenvalue weighted by Gasteiger charge is 2.16. The molecule has 1 rings (SSSR count). The van der Waals surface area contributed by atoms with E-state index in [1.165, 1.54) is 0 Å². The zero-order valence-corrected chi connectivity index (χ0v) is 11.8. The van der Waals surface area contributed by atoms with Gasteiger partial charge in [0.1, 0.15) is 17.2 Å². The SMILES string of the molecule is COc1cc(OC)cc(OCCCC(C)(N)CO)c1. The van der Waals surface area contributed by atoms with Crippen LogP contribution in [0, 0.1) is 0 Å². The minimum absolute atomic E-state index is 0.0278. The smallest absolute Gasteiger partial charge is 0.126 e. The second-order valence-electron chi connectivity index (χ2n) is 4.81. The summed E-state index contributed by atoms with van der Waals surface area (Å²) in [7, 11) is 3.19. The van der Waals surface area contributed by atoms with Crippen molar-refractivity contribution < 1.29 is 19.3 Å². The summed E-state index contributed by atoms with van der Waals surface area (Å²) >= 11 is 0. The fraction of sp³-hybridized carbons (Fsp3) is 0.571. The van der Waals surface area contributed by atoms with Gasteiger partial charge in [-0.05, 0) is 19.8 Å². The quantitative estimate of drug-likeness (QED) is 0.701. The molecule has 0 spiro atoms. The molecule has 0 fully saturated rings. The van der Waals surface area contributed by atoms with Gasteiger partial charge in [0.2, 0.25) is 0 Å². The van der Waals surface area contributed by atoms with Crippen LogP contribution in [0.4, 0.5) is 0 Å². The highest BCUT2D eigenvalue weighted by atomic mass is 16.5. The average Bonchev–Trinajstić information content (AvgIpc) is 2.43. The van der Waals surface area contributed by atoms with Gasteiger partial charge in [0.25, 0.3) is 0 Å². The van der Waals surface area contributed by atoms with Crippen molar-refractivity contribution in [3.8, 4) is 17.2 Å². The fourth-order valence-corrected chi connectivity index (χ4v) is 1.61. The molecule has 0 bridgehead atoms. The molecule has 0 aromatic heterocycles. The first-order chi connectivity index (χ1) is 9.00. The third-order valence-electron chi connectivity index (χ3n) is 2.85. The Morgan fingerprint density at radius 1 is 1.11 bits per heavy atom. The van der Waals surface area contributed by atoms with Crippen LogP contribution in [0.2, 0.25) is 0 Å². The van der Waals surface area contributed by atoms with Crippen LogP contribution in [0.5, 0.6) is 17.2 Å². The molecule has 19 heavy (non-hydrogen) atoms. The molecule has 3 N–H and O–H groups in total.